The van der Waals surface area contributed by atoms with Crippen LogP contribution >= 0.6 is 11.8 Å². The first kappa shape index (κ1) is 18.4. The Morgan fingerprint density at radius 2 is 1.86 bits per heavy atom. The van der Waals surface area contributed by atoms with Crippen molar-refractivity contribution in [2.45, 2.75) is 18.0 Å². The maximum absolute atomic E-state index is 11.0. The number of benzene rings is 2. The molecule has 0 fully saturated rings. The van der Waals surface area contributed by atoms with Crippen LogP contribution in [0.2, 0.25) is 0 Å². The minimum Gasteiger partial charge on any atom is -0.490 e. The van der Waals surface area contributed by atoms with Crippen molar-refractivity contribution >= 4 is 17.7 Å². The lowest BCUT2D eigenvalue weighted by atomic mass is 10.1. The van der Waals surface area contributed by atoms with Crippen LogP contribution in [0.1, 0.15) is 17.8 Å². The number of ether oxygens (including phenoxy) is 2. The van der Waals surface area contributed by atoms with Crippen LogP contribution in [0.15, 0.2) is 53.7 Å². The Kier molecular flexibility index (Phi) is 5.48. The highest BCUT2D eigenvalue weighted by Crippen LogP contribution is 2.31. The summed E-state index contributed by atoms with van der Waals surface area (Å²) in [4.78, 5) is 11.0. The van der Waals surface area contributed by atoms with E-state index in [-0.39, 0.29) is 5.75 Å². The van der Waals surface area contributed by atoms with Gasteiger partial charge in [-0.25, -0.2) is 0 Å². The third kappa shape index (κ3) is 4.12. The molecule has 0 spiro atoms. The molecule has 0 saturated heterocycles. The molecule has 28 heavy (non-hydrogen) atoms. The third-order valence-corrected chi connectivity index (χ3v) is 5.13. The Labute approximate surface area is 166 Å². The highest BCUT2D eigenvalue weighted by molar-refractivity contribution is 7.99. The van der Waals surface area contributed by atoms with Crippen molar-refractivity contribution in [2.24, 2.45) is 0 Å². The maximum Gasteiger partial charge on any atom is 0.313 e. The smallest absolute Gasteiger partial charge is 0.313 e. The predicted molar refractivity (Wildman–Crippen MR) is 105 cm³/mol. The molecule has 1 aliphatic rings. The Morgan fingerprint density at radius 1 is 1.07 bits per heavy atom. The summed E-state index contributed by atoms with van der Waals surface area (Å²) in [5.74, 6) is 1.25. The SMILES string of the molecule is O=C(O)CSc1nnc(Cc2ccc3c(c2)OCCCO3)n1-c1ccccc1. The molecule has 1 aromatic heterocycles. The zero-order valence-electron chi connectivity index (χ0n) is 15.1. The van der Waals surface area contributed by atoms with E-state index >= 15 is 0 Å². The van der Waals surface area contributed by atoms with Crippen LogP contribution in [0.25, 0.3) is 5.69 Å². The van der Waals surface area contributed by atoms with Crippen LogP contribution in [0.4, 0.5) is 0 Å². The minimum atomic E-state index is -0.892. The number of hydrogen-bond donors (Lipinski definition) is 1. The molecule has 0 unspecified atom stereocenters. The fourth-order valence-corrected chi connectivity index (χ4v) is 3.66. The normalized spacial score (nSPS) is 13.1. The Morgan fingerprint density at radius 3 is 2.64 bits per heavy atom. The quantitative estimate of drug-likeness (QED) is 0.639. The standard InChI is InChI=1S/C20H19N3O4S/c24-19(25)13-28-20-22-21-18(23(20)15-5-2-1-3-6-15)12-14-7-8-16-17(11-14)27-10-4-9-26-16/h1-3,5-8,11H,4,9-10,12-13H2,(H,24,25). The molecule has 7 nitrogen and oxygen atoms in total. The van der Waals surface area contributed by atoms with Gasteiger partial charge in [-0.2, -0.15) is 0 Å². The van der Waals surface area contributed by atoms with Gasteiger partial charge in [0.2, 0.25) is 0 Å². The Bertz CT molecular complexity index is 975. The van der Waals surface area contributed by atoms with E-state index in [4.69, 9.17) is 14.6 Å². The number of hydrogen-bond acceptors (Lipinski definition) is 6. The van der Waals surface area contributed by atoms with Gasteiger partial charge >= 0.3 is 5.97 Å². The van der Waals surface area contributed by atoms with Crippen LogP contribution in [0.5, 0.6) is 11.5 Å². The van der Waals surface area contributed by atoms with Crippen LogP contribution in [0, 0.1) is 0 Å². The van der Waals surface area contributed by atoms with Crippen molar-refractivity contribution in [3.05, 3.63) is 59.9 Å². The molecule has 1 aliphatic heterocycles. The second-order valence-electron chi connectivity index (χ2n) is 6.26. The zero-order valence-corrected chi connectivity index (χ0v) is 15.9. The number of aliphatic carboxylic acids is 1. The van der Waals surface area contributed by atoms with Gasteiger partial charge in [-0.3, -0.25) is 9.36 Å². The molecule has 0 aliphatic carbocycles. The molecular formula is C20H19N3O4S. The minimum absolute atomic E-state index is 0.0744. The number of carbonyl (C=O) groups is 1. The van der Waals surface area contributed by atoms with E-state index in [2.05, 4.69) is 10.2 Å². The van der Waals surface area contributed by atoms with Crippen LogP contribution in [-0.2, 0) is 11.2 Å². The lowest BCUT2D eigenvalue weighted by molar-refractivity contribution is -0.133. The van der Waals surface area contributed by atoms with Gasteiger partial charge in [-0.15, -0.1) is 10.2 Å². The van der Waals surface area contributed by atoms with E-state index in [1.165, 1.54) is 0 Å². The molecule has 2 aromatic carbocycles. The molecule has 8 heteroatoms. The molecule has 144 valence electrons. The van der Waals surface area contributed by atoms with Crippen molar-refractivity contribution < 1.29 is 19.4 Å². The second-order valence-corrected chi connectivity index (χ2v) is 7.20. The topological polar surface area (TPSA) is 86.5 Å². The number of carboxylic acids is 1. The Balaban J connectivity index is 1.66. The zero-order chi connectivity index (χ0) is 19.3. The molecule has 0 bridgehead atoms. The summed E-state index contributed by atoms with van der Waals surface area (Å²) in [5.41, 5.74) is 1.91. The van der Waals surface area contributed by atoms with Crippen LogP contribution < -0.4 is 9.47 Å². The Hall–Kier alpha value is -3.00. The average molecular weight is 397 g/mol. The first-order valence-electron chi connectivity index (χ1n) is 8.93. The number of fused-ring (bicyclic) bond motifs is 1. The number of thioether (sulfide) groups is 1. The fraction of sp³-hybridized carbons (Fsp3) is 0.250. The van der Waals surface area contributed by atoms with Gasteiger partial charge in [0.25, 0.3) is 0 Å². The van der Waals surface area contributed by atoms with Gasteiger partial charge in [-0.1, -0.05) is 36.0 Å². The molecule has 0 atom stereocenters. The predicted octanol–water partition coefficient (Wildman–Crippen LogP) is 3.20. The van der Waals surface area contributed by atoms with Gasteiger partial charge in [-0.05, 0) is 29.8 Å². The molecule has 0 saturated carbocycles. The van der Waals surface area contributed by atoms with Gasteiger partial charge in [0.15, 0.2) is 16.7 Å². The second kappa shape index (κ2) is 8.35. The summed E-state index contributed by atoms with van der Waals surface area (Å²) in [7, 11) is 0. The molecule has 1 N–H and O–H groups in total. The van der Waals surface area contributed by atoms with Crippen molar-refractivity contribution in [2.75, 3.05) is 19.0 Å². The summed E-state index contributed by atoms with van der Waals surface area (Å²) < 4.78 is 13.4. The van der Waals surface area contributed by atoms with E-state index < -0.39 is 5.97 Å². The molecular weight excluding hydrogens is 378 g/mol. The number of para-hydroxylation sites is 1. The van der Waals surface area contributed by atoms with Gasteiger partial charge in [0.05, 0.1) is 19.0 Å². The number of nitrogens with zero attached hydrogens (tertiary/aromatic N) is 3. The maximum atomic E-state index is 11.0. The van der Waals surface area contributed by atoms with Crippen molar-refractivity contribution in [3.63, 3.8) is 0 Å². The summed E-state index contributed by atoms with van der Waals surface area (Å²) in [6.45, 7) is 1.28. The molecule has 0 amide bonds. The van der Waals surface area contributed by atoms with E-state index in [0.29, 0.717) is 24.8 Å². The monoisotopic (exact) mass is 397 g/mol. The first-order chi connectivity index (χ1) is 13.7. The summed E-state index contributed by atoms with van der Waals surface area (Å²) in [6.07, 6.45) is 1.39. The third-order valence-electron chi connectivity index (χ3n) is 4.21. The van der Waals surface area contributed by atoms with E-state index in [1.54, 1.807) is 0 Å². The highest BCUT2D eigenvalue weighted by atomic mass is 32.2. The van der Waals surface area contributed by atoms with Crippen LogP contribution in [0.3, 0.4) is 0 Å². The van der Waals surface area contributed by atoms with E-state index in [1.807, 2.05) is 53.1 Å². The van der Waals surface area contributed by atoms with Crippen molar-refractivity contribution in [3.8, 4) is 17.2 Å². The van der Waals surface area contributed by atoms with Gasteiger partial charge in [0, 0.05) is 18.5 Å². The fourth-order valence-electron chi connectivity index (χ4n) is 2.97. The molecule has 4 rings (SSSR count). The van der Waals surface area contributed by atoms with Gasteiger partial charge < -0.3 is 14.6 Å². The highest BCUT2D eigenvalue weighted by Gasteiger charge is 2.17. The first-order valence-corrected chi connectivity index (χ1v) is 9.92. The van der Waals surface area contributed by atoms with Crippen molar-refractivity contribution in [1.82, 2.24) is 14.8 Å². The number of carboxylic acid groups (broad SMARTS) is 1. The summed E-state index contributed by atoms with van der Waals surface area (Å²) in [5, 5.41) is 18.1. The lowest BCUT2D eigenvalue weighted by Crippen LogP contribution is -2.05. The summed E-state index contributed by atoms with van der Waals surface area (Å²) >= 11 is 1.15. The largest absolute Gasteiger partial charge is 0.490 e. The lowest BCUT2D eigenvalue weighted by Gasteiger charge is -2.11. The summed E-state index contributed by atoms with van der Waals surface area (Å²) in [6, 6.07) is 15.6. The number of rotatable bonds is 6. The van der Waals surface area contributed by atoms with Gasteiger partial charge in [0.1, 0.15) is 5.82 Å². The molecule has 2 heterocycles. The van der Waals surface area contributed by atoms with Crippen molar-refractivity contribution in [1.29, 1.82) is 0 Å². The molecule has 3 aromatic rings. The average Bonchev–Trinajstić information content (AvgIpc) is 2.95. The van der Waals surface area contributed by atoms with Crippen LogP contribution in [-0.4, -0.2) is 44.8 Å². The van der Waals surface area contributed by atoms with E-state index in [9.17, 15) is 4.79 Å². The molecule has 0 radical (unpaired) electrons. The van der Waals surface area contributed by atoms with E-state index in [0.717, 1.165) is 46.8 Å². The number of aromatic nitrogens is 3.